The van der Waals surface area contributed by atoms with Gasteiger partial charge in [-0.3, -0.25) is 9.78 Å². The van der Waals surface area contributed by atoms with Gasteiger partial charge < -0.3 is 19.9 Å². The molecule has 0 aliphatic carbocycles. The summed E-state index contributed by atoms with van der Waals surface area (Å²) in [5.41, 5.74) is 0.612. The van der Waals surface area contributed by atoms with E-state index < -0.39 is 6.29 Å². The standard InChI is InChI=1S/C19H22N2O4S/c22-8-1-2-9-24-18-12-14(17-6-4-10-26-17)11-16(25-18)19(23)21-15-5-3-7-20-13-15/h3-7,10-11,13-14,18,22H,1-2,8-9,12H2,(H,21,23)/t14-,18+/m1/s1. The molecular formula is C19H22N2O4S. The lowest BCUT2D eigenvalue weighted by Crippen LogP contribution is -2.29. The number of unbranched alkanes of at least 4 members (excludes halogenated alkanes) is 1. The Hall–Kier alpha value is -2.22. The Kier molecular flexibility index (Phi) is 6.76. The third-order valence-corrected chi connectivity index (χ3v) is 4.97. The third-order valence-electron chi connectivity index (χ3n) is 3.97. The molecular weight excluding hydrogens is 352 g/mol. The Balaban J connectivity index is 1.69. The normalized spacial score (nSPS) is 19.5. The molecule has 138 valence electrons. The van der Waals surface area contributed by atoms with Crippen LogP contribution in [0.5, 0.6) is 0 Å². The van der Waals surface area contributed by atoms with Crippen LogP contribution in [-0.4, -0.2) is 35.5 Å². The fraction of sp³-hybridized carbons (Fsp3) is 0.368. The first-order valence-electron chi connectivity index (χ1n) is 8.62. The molecule has 0 fully saturated rings. The van der Waals surface area contributed by atoms with E-state index in [0.717, 1.165) is 6.42 Å². The van der Waals surface area contributed by atoms with Gasteiger partial charge >= 0.3 is 0 Å². The number of pyridine rings is 1. The Bertz CT molecular complexity index is 718. The van der Waals surface area contributed by atoms with Crippen LogP contribution < -0.4 is 5.32 Å². The number of aliphatic hydroxyl groups is 1. The number of nitrogens with one attached hydrogen (secondary N) is 1. The fourth-order valence-corrected chi connectivity index (χ4v) is 3.49. The predicted octanol–water partition coefficient (Wildman–Crippen LogP) is 3.28. The summed E-state index contributed by atoms with van der Waals surface area (Å²) in [6.07, 6.45) is 6.69. The highest BCUT2D eigenvalue weighted by Crippen LogP contribution is 2.34. The van der Waals surface area contributed by atoms with Crippen molar-refractivity contribution in [1.29, 1.82) is 0 Å². The molecule has 0 aromatic carbocycles. The minimum absolute atomic E-state index is 0.0706. The molecule has 1 amide bonds. The van der Waals surface area contributed by atoms with Gasteiger partial charge in [0, 0.05) is 30.0 Å². The first-order chi connectivity index (χ1) is 12.8. The van der Waals surface area contributed by atoms with E-state index in [-0.39, 0.29) is 24.2 Å². The number of hydrogen-bond acceptors (Lipinski definition) is 6. The largest absolute Gasteiger partial charge is 0.459 e. The molecule has 2 aromatic rings. The van der Waals surface area contributed by atoms with Crippen LogP contribution in [0.1, 0.15) is 30.1 Å². The molecule has 2 atom stereocenters. The SMILES string of the molecule is O=C(Nc1cccnc1)C1=C[C@@H](c2cccs2)C[C@@H](OCCCCO)O1. The maximum atomic E-state index is 12.6. The second kappa shape index (κ2) is 9.47. The third kappa shape index (κ3) is 5.14. The van der Waals surface area contributed by atoms with Crippen molar-refractivity contribution >= 4 is 22.9 Å². The maximum absolute atomic E-state index is 12.6. The summed E-state index contributed by atoms with van der Waals surface area (Å²) < 4.78 is 11.6. The zero-order valence-corrected chi connectivity index (χ0v) is 15.2. The molecule has 6 nitrogen and oxygen atoms in total. The average Bonchev–Trinajstić information content (AvgIpc) is 3.21. The van der Waals surface area contributed by atoms with Crippen LogP contribution in [0.25, 0.3) is 0 Å². The minimum atomic E-state index is -0.486. The number of carbonyl (C=O) groups excluding carboxylic acids is 1. The number of hydrogen-bond donors (Lipinski definition) is 2. The van der Waals surface area contributed by atoms with E-state index in [1.807, 2.05) is 17.5 Å². The van der Waals surface area contributed by atoms with Crippen molar-refractivity contribution in [2.75, 3.05) is 18.5 Å². The number of rotatable bonds is 8. The minimum Gasteiger partial charge on any atom is -0.459 e. The van der Waals surface area contributed by atoms with E-state index in [4.69, 9.17) is 14.6 Å². The Morgan fingerprint density at radius 2 is 2.31 bits per heavy atom. The summed E-state index contributed by atoms with van der Waals surface area (Å²) in [7, 11) is 0. The quantitative estimate of drug-likeness (QED) is 0.693. The lowest BCUT2D eigenvalue weighted by molar-refractivity contribution is -0.143. The van der Waals surface area contributed by atoms with Crippen LogP contribution >= 0.6 is 11.3 Å². The van der Waals surface area contributed by atoms with Crippen molar-refractivity contribution in [2.45, 2.75) is 31.5 Å². The van der Waals surface area contributed by atoms with Crippen molar-refractivity contribution in [3.8, 4) is 0 Å². The van der Waals surface area contributed by atoms with Crippen LogP contribution in [0.3, 0.4) is 0 Å². The van der Waals surface area contributed by atoms with Crippen molar-refractivity contribution in [3.05, 3.63) is 58.8 Å². The number of thiophene rings is 1. The summed E-state index contributed by atoms with van der Waals surface area (Å²) in [4.78, 5) is 17.8. The summed E-state index contributed by atoms with van der Waals surface area (Å²) >= 11 is 1.65. The zero-order valence-electron chi connectivity index (χ0n) is 14.3. The van der Waals surface area contributed by atoms with Gasteiger partial charge in [0.25, 0.3) is 5.91 Å². The topological polar surface area (TPSA) is 80.7 Å². The van der Waals surface area contributed by atoms with Gasteiger partial charge in [-0.25, -0.2) is 0 Å². The molecule has 3 heterocycles. The van der Waals surface area contributed by atoms with Crippen molar-refractivity contribution < 1.29 is 19.4 Å². The van der Waals surface area contributed by atoms with Gasteiger partial charge in [0.1, 0.15) is 0 Å². The average molecular weight is 374 g/mol. The van der Waals surface area contributed by atoms with Gasteiger partial charge in [-0.05, 0) is 42.5 Å². The van der Waals surface area contributed by atoms with Crippen molar-refractivity contribution in [3.63, 3.8) is 0 Å². The lowest BCUT2D eigenvalue weighted by Gasteiger charge is -2.28. The number of carbonyl (C=O) groups is 1. The van der Waals surface area contributed by atoms with Gasteiger partial charge in [-0.1, -0.05) is 6.07 Å². The fourth-order valence-electron chi connectivity index (χ4n) is 2.68. The number of anilines is 1. The first-order valence-corrected chi connectivity index (χ1v) is 9.50. The molecule has 0 spiro atoms. The Morgan fingerprint density at radius 1 is 1.38 bits per heavy atom. The van der Waals surface area contributed by atoms with Crippen molar-refractivity contribution in [1.82, 2.24) is 4.98 Å². The molecule has 1 aliphatic heterocycles. The molecule has 0 saturated heterocycles. The van der Waals surface area contributed by atoms with E-state index in [2.05, 4.69) is 16.4 Å². The molecule has 7 heteroatoms. The first kappa shape index (κ1) is 18.6. The van der Waals surface area contributed by atoms with Gasteiger partial charge in [-0.2, -0.15) is 0 Å². The number of aromatic nitrogens is 1. The van der Waals surface area contributed by atoms with E-state index in [1.165, 1.54) is 4.88 Å². The van der Waals surface area contributed by atoms with Gasteiger partial charge in [-0.15, -0.1) is 11.3 Å². The molecule has 2 N–H and O–H groups in total. The van der Waals surface area contributed by atoms with E-state index in [9.17, 15) is 4.79 Å². The van der Waals surface area contributed by atoms with E-state index >= 15 is 0 Å². The van der Waals surface area contributed by atoms with Crippen LogP contribution in [-0.2, 0) is 14.3 Å². The highest BCUT2D eigenvalue weighted by atomic mass is 32.1. The van der Waals surface area contributed by atoms with Crippen LogP contribution in [0, 0.1) is 0 Å². The number of aliphatic hydroxyl groups excluding tert-OH is 1. The highest BCUT2D eigenvalue weighted by molar-refractivity contribution is 7.10. The zero-order chi connectivity index (χ0) is 18.2. The summed E-state index contributed by atoms with van der Waals surface area (Å²) in [5, 5.41) is 13.7. The molecule has 0 unspecified atom stereocenters. The Labute approximate surface area is 156 Å². The van der Waals surface area contributed by atoms with Crippen LogP contribution in [0.2, 0.25) is 0 Å². The van der Waals surface area contributed by atoms with Crippen molar-refractivity contribution in [2.24, 2.45) is 0 Å². The van der Waals surface area contributed by atoms with Gasteiger partial charge in [0.05, 0.1) is 18.5 Å². The lowest BCUT2D eigenvalue weighted by atomic mass is 9.99. The number of amides is 1. The maximum Gasteiger partial charge on any atom is 0.290 e. The molecule has 0 radical (unpaired) electrons. The molecule has 26 heavy (non-hydrogen) atoms. The second-order valence-corrected chi connectivity index (χ2v) is 6.91. The second-order valence-electron chi connectivity index (χ2n) is 5.93. The van der Waals surface area contributed by atoms with E-state index in [1.54, 1.807) is 35.9 Å². The highest BCUT2D eigenvalue weighted by Gasteiger charge is 2.29. The predicted molar refractivity (Wildman–Crippen MR) is 99.8 cm³/mol. The summed E-state index contributed by atoms with van der Waals surface area (Å²) in [6, 6.07) is 7.58. The van der Waals surface area contributed by atoms with Gasteiger partial charge in [0.2, 0.25) is 6.29 Å². The molecule has 0 saturated carbocycles. The van der Waals surface area contributed by atoms with Gasteiger partial charge in [0.15, 0.2) is 5.76 Å². The smallest absolute Gasteiger partial charge is 0.290 e. The summed E-state index contributed by atoms with van der Waals surface area (Å²) in [5.74, 6) is 0.00937. The molecule has 3 rings (SSSR count). The Morgan fingerprint density at radius 3 is 3.04 bits per heavy atom. The van der Waals surface area contributed by atoms with Crippen LogP contribution in [0.4, 0.5) is 5.69 Å². The number of allylic oxidation sites excluding steroid dienone is 1. The monoisotopic (exact) mass is 374 g/mol. The van der Waals surface area contributed by atoms with Crippen LogP contribution in [0.15, 0.2) is 53.9 Å². The van der Waals surface area contributed by atoms with E-state index in [0.29, 0.717) is 25.1 Å². The number of nitrogens with zero attached hydrogens (tertiary/aromatic N) is 1. The molecule has 0 bridgehead atoms. The molecule has 1 aliphatic rings. The molecule has 2 aromatic heterocycles. The number of ether oxygens (including phenoxy) is 2. The summed E-state index contributed by atoms with van der Waals surface area (Å²) in [6.45, 7) is 0.630.